The Labute approximate surface area is 205 Å². The first kappa shape index (κ1) is 28.7. The second kappa shape index (κ2) is 15.5. The Morgan fingerprint density at radius 1 is 0.969 bits per heavy atom. The number of esters is 1. The van der Waals surface area contributed by atoms with Crippen LogP contribution in [0.2, 0.25) is 0 Å². The lowest BCUT2D eigenvalue weighted by molar-refractivity contribution is -0.146. The van der Waals surface area contributed by atoms with Crippen LogP contribution in [0, 0.1) is 16.7 Å². The maximum atomic E-state index is 13.1. The standard InChI is InChI=1S/C27H41NO2S2/c1-5-6-7-8-9-10-11-12-13-17-20-30-25(29)27(4,21-26(2,3)22-28)32-24(31)23-18-15-14-16-19-23/h14-16,18-19H,5-13,17,20-21H2,1-4H3. The molecule has 1 aromatic rings. The summed E-state index contributed by atoms with van der Waals surface area (Å²) in [6.45, 7) is 8.24. The molecular weight excluding hydrogens is 434 g/mol. The van der Waals surface area contributed by atoms with Crippen molar-refractivity contribution in [2.24, 2.45) is 5.41 Å². The van der Waals surface area contributed by atoms with Crippen molar-refractivity contribution in [3.05, 3.63) is 35.9 Å². The molecule has 5 heteroatoms. The summed E-state index contributed by atoms with van der Waals surface area (Å²) in [4.78, 5) is 13.1. The van der Waals surface area contributed by atoms with Crippen LogP contribution >= 0.6 is 24.0 Å². The molecular formula is C27H41NO2S2. The average molecular weight is 476 g/mol. The molecule has 0 heterocycles. The van der Waals surface area contributed by atoms with Gasteiger partial charge in [0.15, 0.2) is 0 Å². The van der Waals surface area contributed by atoms with E-state index < -0.39 is 10.2 Å². The zero-order chi connectivity index (χ0) is 23.9. The number of carbonyl (C=O) groups excluding carboxylic acids is 1. The predicted molar refractivity (Wildman–Crippen MR) is 141 cm³/mol. The van der Waals surface area contributed by atoms with E-state index in [0.717, 1.165) is 18.4 Å². The van der Waals surface area contributed by atoms with Crippen molar-refractivity contribution in [1.29, 1.82) is 5.26 Å². The molecule has 0 aromatic heterocycles. The molecule has 0 fully saturated rings. The Morgan fingerprint density at radius 2 is 1.50 bits per heavy atom. The fourth-order valence-electron chi connectivity index (χ4n) is 3.78. The molecule has 0 amide bonds. The third-order valence-electron chi connectivity index (χ3n) is 5.57. The second-order valence-corrected chi connectivity index (χ2v) is 11.7. The summed E-state index contributed by atoms with van der Waals surface area (Å²) in [6.07, 6.45) is 12.8. The monoisotopic (exact) mass is 475 g/mol. The highest BCUT2D eigenvalue weighted by Crippen LogP contribution is 2.40. The van der Waals surface area contributed by atoms with Crippen LogP contribution in [0.4, 0.5) is 0 Å². The Morgan fingerprint density at radius 3 is 2.03 bits per heavy atom. The van der Waals surface area contributed by atoms with E-state index in [-0.39, 0.29) is 5.97 Å². The van der Waals surface area contributed by atoms with Gasteiger partial charge in [-0.05, 0) is 39.2 Å². The Kier molecular flexibility index (Phi) is 13.8. The molecule has 0 spiro atoms. The van der Waals surface area contributed by atoms with Crippen molar-refractivity contribution in [2.75, 3.05) is 6.61 Å². The summed E-state index contributed by atoms with van der Waals surface area (Å²) in [5.74, 6) is -0.278. The maximum Gasteiger partial charge on any atom is 0.322 e. The van der Waals surface area contributed by atoms with E-state index >= 15 is 0 Å². The maximum absolute atomic E-state index is 13.1. The van der Waals surface area contributed by atoms with Gasteiger partial charge in [0, 0.05) is 0 Å². The SMILES string of the molecule is CCCCCCCCCCCCOC(=O)C(C)(CC(C)(C)C#N)SC(=S)c1ccccc1. The van der Waals surface area contributed by atoms with Gasteiger partial charge in [-0.25, -0.2) is 0 Å². The topological polar surface area (TPSA) is 50.1 Å². The quantitative estimate of drug-likeness (QED) is 0.137. The van der Waals surface area contributed by atoms with Crippen LogP contribution in [-0.2, 0) is 9.53 Å². The molecule has 0 aliphatic heterocycles. The molecule has 1 rings (SSSR count). The average Bonchev–Trinajstić information content (AvgIpc) is 2.77. The Hall–Kier alpha value is -1.38. The molecule has 0 saturated heterocycles. The molecule has 0 aliphatic carbocycles. The number of hydrogen-bond donors (Lipinski definition) is 0. The number of nitriles is 1. The van der Waals surface area contributed by atoms with Crippen molar-refractivity contribution in [3.63, 3.8) is 0 Å². The molecule has 0 aliphatic rings. The van der Waals surface area contributed by atoms with Crippen LogP contribution < -0.4 is 0 Å². The van der Waals surface area contributed by atoms with Crippen LogP contribution in [0.15, 0.2) is 30.3 Å². The summed E-state index contributed by atoms with van der Waals surface area (Å²) >= 11 is 6.95. The normalized spacial score (nSPS) is 13.2. The van der Waals surface area contributed by atoms with Crippen molar-refractivity contribution in [2.45, 2.75) is 103 Å². The third-order valence-corrected chi connectivity index (χ3v) is 7.24. The number of unbranched alkanes of at least 4 members (excludes halogenated alkanes) is 9. The van der Waals surface area contributed by atoms with Crippen molar-refractivity contribution in [3.8, 4) is 6.07 Å². The molecule has 1 unspecified atom stereocenters. The first-order valence-electron chi connectivity index (χ1n) is 12.1. The molecule has 0 N–H and O–H groups in total. The minimum absolute atomic E-state index is 0.278. The van der Waals surface area contributed by atoms with Crippen LogP contribution in [0.1, 0.15) is 104 Å². The third kappa shape index (κ3) is 11.5. The number of ether oxygens (including phenoxy) is 1. The molecule has 3 nitrogen and oxygen atoms in total. The van der Waals surface area contributed by atoms with Gasteiger partial charge < -0.3 is 4.74 Å². The number of carbonyl (C=O) groups is 1. The number of benzene rings is 1. The molecule has 0 radical (unpaired) electrons. The Bertz CT molecular complexity index is 727. The van der Waals surface area contributed by atoms with Gasteiger partial charge in [0.25, 0.3) is 0 Å². The smallest absolute Gasteiger partial charge is 0.322 e. The second-order valence-electron chi connectivity index (χ2n) is 9.48. The lowest BCUT2D eigenvalue weighted by Gasteiger charge is -2.31. The van der Waals surface area contributed by atoms with Crippen LogP contribution in [-0.4, -0.2) is 21.5 Å². The van der Waals surface area contributed by atoms with Gasteiger partial charge in [-0.3, -0.25) is 4.79 Å². The van der Waals surface area contributed by atoms with Gasteiger partial charge in [0.2, 0.25) is 0 Å². The molecule has 0 saturated carbocycles. The van der Waals surface area contributed by atoms with E-state index in [1.54, 1.807) is 0 Å². The van der Waals surface area contributed by atoms with Gasteiger partial charge in [0.05, 0.1) is 22.3 Å². The van der Waals surface area contributed by atoms with E-state index in [2.05, 4.69) is 13.0 Å². The molecule has 1 aromatic carbocycles. The van der Waals surface area contributed by atoms with Gasteiger partial charge in [-0.15, -0.1) is 0 Å². The summed E-state index contributed by atoms with van der Waals surface area (Å²) in [7, 11) is 0. The number of hydrogen-bond acceptors (Lipinski definition) is 5. The number of rotatable bonds is 16. The van der Waals surface area contributed by atoms with E-state index in [4.69, 9.17) is 17.0 Å². The van der Waals surface area contributed by atoms with Gasteiger partial charge in [0.1, 0.15) is 4.75 Å². The number of thiocarbonyl (C=S) groups is 1. The largest absolute Gasteiger partial charge is 0.465 e. The van der Waals surface area contributed by atoms with Gasteiger partial charge in [-0.1, -0.05) is 119 Å². The first-order chi connectivity index (χ1) is 15.2. The molecule has 32 heavy (non-hydrogen) atoms. The molecule has 0 bridgehead atoms. The summed E-state index contributed by atoms with van der Waals surface area (Å²) in [5, 5.41) is 9.52. The van der Waals surface area contributed by atoms with E-state index in [9.17, 15) is 10.1 Å². The lowest BCUT2D eigenvalue weighted by Crippen LogP contribution is -2.39. The highest BCUT2D eigenvalue weighted by molar-refractivity contribution is 8.25. The lowest BCUT2D eigenvalue weighted by atomic mass is 9.84. The molecule has 178 valence electrons. The Balaban J connectivity index is 2.49. The van der Waals surface area contributed by atoms with E-state index in [1.165, 1.54) is 63.1 Å². The first-order valence-corrected chi connectivity index (χ1v) is 13.3. The van der Waals surface area contributed by atoms with Crippen molar-refractivity contribution < 1.29 is 9.53 Å². The highest BCUT2D eigenvalue weighted by atomic mass is 32.2. The van der Waals surface area contributed by atoms with E-state index in [0.29, 0.717) is 17.2 Å². The van der Waals surface area contributed by atoms with Crippen LogP contribution in [0.25, 0.3) is 0 Å². The van der Waals surface area contributed by atoms with E-state index in [1.807, 2.05) is 51.1 Å². The fraction of sp³-hybridized carbons (Fsp3) is 0.667. The zero-order valence-corrected chi connectivity index (χ0v) is 22.1. The minimum atomic E-state index is -0.898. The van der Waals surface area contributed by atoms with Gasteiger partial charge >= 0.3 is 5.97 Å². The zero-order valence-electron chi connectivity index (χ0n) is 20.5. The van der Waals surface area contributed by atoms with Gasteiger partial charge in [-0.2, -0.15) is 5.26 Å². The van der Waals surface area contributed by atoms with Crippen LogP contribution in [0.3, 0.4) is 0 Å². The van der Waals surface area contributed by atoms with Crippen molar-refractivity contribution in [1.82, 2.24) is 0 Å². The molecule has 1 atom stereocenters. The minimum Gasteiger partial charge on any atom is -0.465 e. The number of thioether (sulfide) groups is 1. The highest BCUT2D eigenvalue weighted by Gasteiger charge is 2.42. The fourth-order valence-corrected chi connectivity index (χ4v) is 5.70. The van der Waals surface area contributed by atoms with Crippen molar-refractivity contribution >= 4 is 34.1 Å². The predicted octanol–water partition coefficient (Wildman–Crippen LogP) is 8.26. The summed E-state index contributed by atoms with van der Waals surface area (Å²) in [5.41, 5.74) is 0.264. The number of nitrogens with zero attached hydrogens (tertiary/aromatic N) is 1. The summed E-state index contributed by atoms with van der Waals surface area (Å²) < 4.78 is 5.43. The summed E-state index contributed by atoms with van der Waals surface area (Å²) in [6, 6.07) is 12.0. The van der Waals surface area contributed by atoms with Crippen LogP contribution in [0.5, 0.6) is 0 Å².